The first-order valence-electron chi connectivity index (χ1n) is 9.72. The molecule has 0 heterocycles. The highest BCUT2D eigenvalue weighted by Crippen LogP contribution is 2.28. The summed E-state index contributed by atoms with van der Waals surface area (Å²) >= 11 is 12.4. The average Bonchev–Trinajstić information content (AvgIpc) is 2.79. The van der Waals surface area contributed by atoms with Crippen LogP contribution in [0.1, 0.15) is 26.3 Å². The summed E-state index contributed by atoms with van der Waals surface area (Å²) in [6.45, 7) is 1.82. The second-order valence-electron chi connectivity index (χ2n) is 7.23. The van der Waals surface area contributed by atoms with Gasteiger partial charge in [0.1, 0.15) is 5.75 Å². The van der Waals surface area contributed by atoms with Crippen LogP contribution in [-0.2, 0) is 0 Å². The monoisotopic (exact) mass is 464 g/mol. The van der Waals surface area contributed by atoms with Crippen molar-refractivity contribution in [1.29, 1.82) is 0 Å². The molecule has 0 aliphatic rings. The topological polar surface area (TPSA) is 78.4 Å². The summed E-state index contributed by atoms with van der Waals surface area (Å²) < 4.78 is 0. The molecule has 5 nitrogen and oxygen atoms in total. The van der Waals surface area contributed by atoms with Crippen LogP contribution in [0.4, 0.5) is 11.4 Å². The zero-order valence-electron chi connectivity index (χ0n) is 16.9. The lowest BCUT2D eigenvalue weighted by Gasteiger charge is -2.11. The number of carbonyl (C=O) groups is 2. The van der Waals surface area contributed by atoms with Gasteiger partial charge in [0.05, 0.1) is 21.4 Å². The maximum absolute atomic E-state index is 12.7. The Hall–Kier alpha value is -3.54. The smallest absolute Gasteiger partial charge is 0.255 e. The number of carbonyl (C=O) groups excluding carboxylic acids is 2. The van der Waals surface area contributed by atoms with Gasteiger partial charge in [-0.1, -0.05) is 47.5 Å². The molecule has 7 heteroatoms. The van der Waals surface area contributed by atoms with Crippen molar-refractivity contribution in [1.82, 2.24) is 0 Å². The van der Waals surface area contributed by atoms with E-state index < -0.39 is 0 Å². The van der Waals surface area contributed by atoms with Crippen molar-refractivity contribution in [3.8, 4) is 5.75 Å². The molecular weight excluding hydrogens is 447 g/mol. The Kier molecular flexibility index (Phi) is 6.04. The molecule has 2 amide bonds. The number of amides is 2. The van der Waals surface area contributed by atoms with E-state index in [9.17, 15) is 14.7 Å². The minimum Gasteiger partial charge on any atom is -0.508 e. The third-order valence-electron chi connectivity index (χ3n) is 5.12. The van der Waals surface area contributed by atoms with Gasteiger partial charge in [0.15, 0.2) is 0 Å². The summed E-state index contributed by atoms with van der Waals surface area (Å²) in [7, 11) is 0. The summed E-state index contributed by atoms with van der Waals surface area (Å²) in [6, 6.07) is 20.1. The molecule has 0 atom stereocenters. The molecule has 4 aromatic rings. The van der Waals surface area contributed by atoms with Crippen molar-refractivity contribution < 1.29 is 14.7 Å². The number of anilines is 2. The minimum atomic E-state index is -0.369. The predicted molar refractivity (Wildman–Crippen MR) is 129 cm³/mol. The number of fused-ring (bicyclic) bond motifs is 1. The molecule has 0 aromatic heterocycles. The zero-order chi connectivity index (χ0) is 22.8. The van der Waals surface area contributed by atoms with Gasteiger partial charge in [-0.05, 0) is 71.8 Å². The van der Waals surface area contributed by atoms with Crippen molar-refractivity contribution in [3.63, 3.8) is 0 Å². The summed E-state index contributed by atoms with van der Waals surface area (Å²) in [6.07, 6.45) is 0. The average molecular weight is 465 g/mol. The lowest BCUT2D eigenvalue weighted by molar-refractivity contribution is 0.102. The molecule has 0 spiro atoms. The quantitative estimate of drug-likeness (QED) is 0.315. The Morgan fingerprint density at radius 3 is 2.06 bits per heavy atom. The van der Waals surface area contributed by atoms with Crippen LogP contribution in [0.15, 0.2) is 72.8 Å². The van der Waals surface area contributed by atoms with Crippen LogP contribution in [0, 0.1) is 6.92 Å². The molecule has 4 aromatic carbocycles. The standard InChI is InChI=1S/C25H18Cl2N2O3/c1-14-18-9-6-16(12-15(18)8-11-23(14)30)24(31)29-22-10-7-17(13-20(22)27)25(32)28-21-5-3-2-4-19(21)26/h2-13,30H,1H3,(H,28,32)(H,29,31). The van der Waals surface area contributed by atoms with E-state index in [1.165, 1.54) is 6.07 Å². The van der Waals surface area contributed by atoms with Gasteiger partial charge in [-0.3, -0.25) is 9.59 Å². The molecule has 0 aliphatic heterocycles. The Morgan fingerprint density at radius 2 is 1.38 bits per heavy atom. The fourth-order valence-electron chi connectivity index (χ4n) is 3.32. The minimum absolute atomic E-state index is 0.208. The van der Waals surface area contributed by atoms with Gasteiger partial charge in [-0.2, -0.15) is 0 Å². The van der Waals surface area contributed by atoms with Crippen molar-refractivity contribution in [2.45, 2.75) is 6.92 Å². The van der Waals surface area contributed by atoms with Crippen molar-refractivity contribution in [2.24, 2.45) is 0 Å². The van der Waals surface area contributed by atoms with Crippen molar-refractivity contribution >= 4 is 57.2 Å². The zero-order valence-corrected chi connectivity index (χ0v) is 18.5. The molecule has 3 N–H and O–H groups in total. The molecule has 4 rings (SSSR count). The van der Waals surface area contributed by atoms with Gasteiger partial charge in [-0.25, -0.2) is 0 Å². The third kappa shape index (κ3) is 4.40. The second kappa shape index (κ2) is 8.91. The number of rotatable bonds is 4. The fourth-order valence-corrected chi connectivity index (χ4v) is 3.74. The van der Waals surface area contributed by atoms with E-state index in [2.05, 4.69) is 10.6 Å². The van der Waals surface area contributed by atoms with E-state index in [4.69, 9.17) is 23.2 Å². The molecule has 0 saturated heterocycles. The van der Waals surface area contributed by atoms with Crippen LogP contribution in [0.5, 0.6) is 5.75 Å². The third-order valence-corrected chi connectivity index (χ3v) is 5.77. The van der Waals surface area contributed by atoms with Gasteiger partial charge in [0.2, 0.25) is 0 Å². The molecule has 0 unspecified atom stereocenters. The number of phenolic OH excluding ortho intramolecular Hbond substituents is 1. The Bertz CT molecular complexity index is 1370. The fraction of sp³-hybridized carbons (Fsp3) is 0.0400. The lowest BCUT2D eigenvalue weighted by Crippen LogP contribution is -2.14. The Balaban J connectivity index is 1.52. The van der Waals surface area contributed by atoms with Crippen LogP contribution < -0.4 is 10.6 Å². The van der Waals surface area contributed by atoms with Gasteiger partial charge >= 0.3 is 0 Å². The number of para-hydroxylation sites is 1. The first-order valence-corrected chi connectivity index (χ1v) is 10.5. The van der Waals surface area contributed by atoms with Crippen LogP contribution in [-0.4, -0.2) is 16.9 Å². The van der Waals surface area contributed by atoms with E-state index in [1.54, 1.807) is 66.7 Å². The summed E-state index contributed by atoms with van der Waals surface area (Å²) in [5.41, 5.74) is 2.40. The molecule has 32 heavy (non-hydrogen) atoms. The van der Waals surface area contributed by atoms with Crippen molar-refractivity contribution in [3.05, 3.63) is 99.5 Å². The molecule has 0 aliphatic carbocycles. The van der Waals surface area contributed by atoms with Crippen molar-refractivity contribution in [2.75, 3.05) is 10.6 Å². The van der Waals surface area contributed by atoms with E-state index >= 15 is 0 Å². The number of aryl methyl sites for hydroxylation is 1. The SMILES string of the molecule is Cc1c(O)ccc2cc(C(=O)Nc3ccc(C(=O)Nc4ccccc4Cl)cc3Cl)ccc12. The number of aromatic hydroxyl groups is 1. The van der Waals surface area contributed by atoms with E-state index in [1.807, 2.05) is 6.92 Å². The highest BCUT2D eigenvalue weighted by Gasteiger charge is 2.14. The number of nitrogens with one attached hydrogen (secondary N) is 2. The largest absolute Gasteiger partial charge is 0.508 e. The Morgan fingerprint density at radius 1 is 0.750 bits per heavy atom. The van der Waals surface area contributed by atoms with Crippen LogP contribution in [0.25, 0.3) is 10.8 Å². The second-order valence-corrected chi connectivity index (χ2v) is 8.04. The number of phenols is 1. The van der Waals surface area contributed by atoms with Gasteiger partial charge in [0, 0.05) is 11.1 Å². The lowest BCUT2D eigenvalue weighted by atomic mass is 10.0. The molecule has 0 fully saturated rings. The number of halogens is 2. The van der Waals surface area contributed by atoms with Gasteiger partial charge in [-0.15, -0.1) is 0 Å². The normalized spacial score (nSPS) is 10.7. The van der Waals surface area contributed by atoms with Crippen LogP contribution in [0.2, 0.25) is 10.0 Å². The predicted octanol–water partition coefficient (Wildman–Crippen LogP) is 6.67. The molecule has 0 bridgehead atoms. The molecule has 0 saturated carbocycles. The number of hydrogen-bond donors (Lipinski definition) is 3. The van der Waals surface area contributed by atoms with Gasteiger partial charge in [0.25, 0.3) is 11.8 Å². The maximum atomic E-state index is 12.7. The van der Waals surface area contributed by atoms with Gasteiger partial charge < -0.3 is 15.7 Å². The van der Waals surface area contributed by atoms with E-state index in [0.29, 0.717) is 27.5 Å². The first kappa shape index (κ1) is 21.7. The summed E-state index contributed by atoms with van der Waals surface area (Å²) in [4.78, 5) is 25.3. The number of benzene rings is 4. The summed E-state index contributed by atoms with van der Waals surface area (Å²) in [5, 5.41) is 17.7. The summed E-state index contributed by atoms with van der Waals surface area (Å²) in [5.74, 6) is -0.501. The molecule has 160 valence electrons. The first-order chi connectivity index (χ1) is 15.3. The van der Waals surface area contributed by atoms with Crippen LogP contribution >= 0.6 is 23.2 Å². The van der Waals surface area contributed by atoms with E-state index in [-0.39, 0.29) is 22.6 Å². The molecule has 0 radical (unpaired) electrons. The highest BCUT2D eigenvalue weighted by atomic mass is 35.5. The maximum Gasteiger partial charge on any atom is 0.255 e. The number of hydrogen-bond acceptors (Lipinski definition) is 3. The van der Waals surface area contributed by atoms with Crippen LogP contribution in [0.3, 0.4) is 0 Å². The highest BCUT2D eigenvalue weighted by molar-refractivity contribution is 6.35. The van der Waals surface area contributed by atoms with E-state index in [0.717, 1.165) is 16.3 Å². The molecular formula is C25H18Cl2N2O3. The Labute approximate surface area is 194 Å².